The van der Waals surface area contributed by atoms with E-state index in [0.29, 0.717) is 34.1 Å². The van der Waals surface area contributed by atoms with E-state index >= 15 is 0 Å². The molecule has 6 aromatic rings. The van der Waals surface area contributed by atoms with Crippen molar-refractivity contribution in [3.05, 3.63) is 111 Å². The van der Waals surface area contributed by atoms with Gasteiger partial charge in [-0.15, -0.1) is 11.8 Å². The first-order valence-corrected chi connectivity index (χ1v) is 16.7. The van der Waals surface area contributed by atoms with Gasteiger partial charge >= 0.3 is 0 Å². The van der Waals surface area contributed by atoms with E-state index in [0.717, 1.165) is 72.1 Å². The van der Waals surface area contributed by atoms with Gasteiger partial charge in [0.25, 0.3) is 5.43 Å². The normalized spacial score (nSPS) is 18.2. The van der Waals surface area contributed by atoms with Crippen LogP contribution < -0.4 is 21.5 Å². The number of fused-ring (bicyclic) bond motifs is 2. The molecule has 0 unspecified atom stereocenters. The zero-order chi connectivity index (χ0) is 31.4. The second kappa shape index (κ2) is 11.5. The molecule has 230 valence electrons. The molecule has 0 aliphatic carbocycles. The van der Waals surface area contributed by atoms with Crippen LogP contribution in [0.2, 0.25) is 0 Å². The van der Waals surface area contributed by atoms with Crippen molar-refractivity contribution < 1.29 is 0 Å². The standard InChI is InChI=1S/C36H33N7O2S/c1-2-46-33-30(31(44)32(33)45)42-20-24-18-41(19-25(24)21-42)17-22-10-12-26(13-11-22)43-35(27-9-6-16-38-34(27)37)40-29-15-14-28(39-36(29)43)23-7-4-3-5-8-23/h3-16,24-25H,2,17-21H2,1H3,(H2,37,38)/t24-,25+. The van der Waals surface area contributed by atoms with Crippen LogP contribution in [0.5, 0.6) is 0 Å². The molecule has 5 heterocycles. The van der Waals surface area contributed by atoms with Crippen molar-refractivity contribution in [3.8, 4) is 28.3 Å². The fourth-order valence-electron chi connectivity index (χ4n) is 7.09. The molecular formula is C36H33N7O2S. The third-order valence-electron chi connectivity index (χ3n) is 9.26. The predicted molar refractivity (Wildman–Crippen MR) is 184 cm³/mol. The SMILES string of the molecule is CCSc1c(N2C[C@H]3CN(Cc4ccc(-n5c(-c6cccnc6N)nc6ccc(-c7ccccc7)nc65)cc4)C[C@H]3C2)c(=O)c1=O. The number of nitrogen functional groups attached to an aromatic ring is 1. The van der Waals surface area contributed by atoms with Crippen molar-refractivity contribution in [2.75, 3.05) is 42.6 Å². The highest BCUT2D eigenvalue weighted by Crippen LogP contribution is 2.37. The van der Waals surface area contributed by atoms with Gasteiger partial charge in [0, 0.05) is 50.2 Å². The molecule has 0 radical (unpaired) electrons. The third-order valence-corrected chi connectivity index (χ3v) is 10.2. The minimum atomic E-state index is -0.309. The predicted octanol–water partition coefficient (Wildman–Crippen LogP) is 5.01. The first-order valence-electron chi connectivity index (χ1n) is 15.7. The maximum atomic E-state index is 12.4. The number of thioether (sulfide) groups is 1. The quantitative estimate of drug-likeness (QED) is 0.184. The monoisotopic (exact) mass is 627 g/mol. The molecule has 0 amide bonds. The fourth-order valence-corrected chi connectivity index (χ4v) is 7.96. The zero-order valence-corrected chi connectivity index (χ0v) is 26.3. The summed E-state index contributed by atoms with van der Waals surface area (Å²) in [6.45, 7) is 6.52. The molecule has 8 rings (SSSR count). The van der Waals surface area contributed by atoms with E-state index in [9.17, 15) is 9.59 Å². The Labute approximate surface area is 270 Å². The summed E-state index contributed by atoms with van der Waals surface area (Å²) in [6.07, 6.45) is 1.68. The lowest BCUT2D eigenvalue weighted by Gasteiger charge is -2.25. The number of nitrogens with two attached hydrogens (primary N) is 1. The van der Waals surface area contributed by atoms with Crippen molar-refractivity contribution in [2.24, 2.45) is 11.8 Å². The van der Waals surface area contributed by atoms with Crippen LogP contribution in [0.25, 0.3) is 39.5 Å². The third kappa shape index (κ3) is 4.89. The minimum Gasteiger partial charge on any atom is -0.383 e. The smallest absolute Gasteiger partial charge is 0.251 e. The molecule has 2 atom stereocenters. The van der Waals surface area contributed by atoms with E-state index < -0.39 is 0 Å². The molecule has 10 heteroatoms. The van der Waals surface area contributed by atoms with E-state index in [-0.39, 0.29) is 10.9 Å². The Morgan fingerprint density at radius 3 is 2.33 bits per heavy atom. The van der Waals surface area contributed by atoms with E-state index in [4.69, 9.17) is 15.7 Å². The number of anilines is 2. The Morgan fingerprint density at radius 1 is 0.848 bits per heavy atom. The first-order chi connectivity index (χ1) is 22.5. The highest BCUT2D eigenvalue weighted by molar-refractivity contribution is 7.99. The van der Waals surface area contributed by atoms with Crippen LogP contribution in [-0.2, 0) is 6.54 Å². The number of benzene rings is 2. The Morgan fingerprint density at radius 2 is 1.61 bits per heavy atom. The summed E-state index contributed by atoms with van der Waals surface area (Å²) in [4.78, 5) is 44.1. The minimum absolute atomic E-state index is 0.306. The molecule has 2 N–H and O–H groups in total. The van der Waals surface area contributed by atoms with Crippen LogP contribution in [0.1, 0.15) is 12.5 Å². The van der Waals surface area contributed by atoms with Gasteiger partial charge in [0.1, 0.15) is 17.0 Å². The number of rotatable bonds is 8. The fraction of sp³-hybridized carbons (Fsp3) is 0.250. The molecule has 0 spiro atoms. The molecule has 9 nitrogen and oxygen atoms in total. The Hall–Kier alpha value is -4.80. The molecule has 0 bridgehead atoms. The number of pyridine rings is 2. The average Bonchev–Trinajstić information content (AvgIpc) is 3.76. The molecule has 2 aliphatic heterocycles. The van der Waals surface area contributed by atoms with Gasteiger partial charge in [-0.1, -0.05) is 49.4 Å². The summed E-state index contributed by atoms with van der Waals surface area (Å²) in [5.41, 5.74) is 12.8. The maximum absolute atomic E-state index is 12.4. The summed E-state index contributed by atoms with van der Waals surface area (Å²) < 4.78 is 2.07. The van der Waals surface area contributed by atoms with E-state index in [1.807, 2.05) is 49.4 Å². The second-order valence-electron chi connectivity index (χ2n) is 12.2. The number of hydrogen-bond donors (Lipinski definition) is 1. The largest absolute Gasteiger partial charge is 0.383 e. The van der Waals surface area contributed by atoms with Gasteiger partial charge in [0.2, 0.25) is 5.43 Å². The first kappa shape index (κ1) is 28.7. The number of aromatic nitrogens is 4. The van der Waals surface area contributed by atoms with Gasteiger partial charge in [-0.25, -0.2) is 15.0 Å². The Kier molecular flexibility index (Phi) is 7.18. The van der Waals surface area contributed by atoms with Crippen molar-refractivity contribution in [2.45, 2.75) is 18.4 Å². The average molecular weight is 628 g/mol. The number of hydrogen-bond acceptors (Lipinski definition) is 9. The van der Waals surface area contributed by atoms with Gasteiger partial charge in [-0.05, 0) is 59.6 Å². The number of likely N-dealkylation sites (tertiary alicyclic amines) is 1. The lowest BCUT2D eigenvalue weighted by atomic mass is 10.0. The molecule has 2 saturated heterocycles. The van der Waals surface area contributed by atoms with Crippen molar-refractivity contribution >= 4 is 34.4 Å². The molecule has 3 aromatic heterocycles. The summed E-state index contributed by atoms with van der Waals surface area (Å²) in [5, 5.41) is 0. The molecule has 3 aromatic carbocycles. The topological polar surface area (TPSA) is 110 Å². The van der Waals surface area contributed by atoms with Gasteiger partial charge in [0.15, 0.2) is 11.5 Å². The molecule has 0 saturated carbocycles. The lowest BCUT2D eigenvalue weighted by Crippen LogP contribution is -2.42. The maximum Gasteiger partial charge on any atom is 0.251 e. The zero-order valence-electron chi connectivity index (χ0n) is 25.5. The van der Waals surface area contributed by atoms with Gasteiger partial charge < -0.3 is 10.6 Å². The van der Waals surface area contributed by atoms with Crippen LogP contribution in [0, 0.1) is 11.8 Å². The lowest BCUT2D eigenvalue weighted by molar-refractivity contribution is 0.308. The van der Waals surface area contributed by atoms with Crippen LogP contribution in [0.4, 0.5) is 11.5 Å². The van der Waals surface area contributed by atoms with Crippen LogP contribution >= 0.6 is 11.8 Å². The van der Waals surface area contributed by atoms with Crippen LogP contribution in [0.15, 0.2) is 99.5 Å². The summed E-state index contributed by atoms with van der Waals surface area (Å²) >= 11 is 1.49. The summed E-state index contributed by atoms with van der Waals surface area (Å²) in [7, 11) is 0. The second-order valence-corrected chi connectivity index (χ2v) is 13.4. The van der Waals surface area contributed by atoms with E-state index in [2.05, 4.69) is 55.7 Å². The Bertz CT molecular complexity index is 2120. The Balaban J connectivity index is 1.04. The highest BCUT2D eigenvalue weighted by atomic mass is 32.2. The molecular weight excluding hydrogens is 595 g/mol. The van der Waals surface area contributed by atoms with Gasteiger partial charge in [-0.2, -0.15) is 0 Å². The van der Waals surface area contributed by atoms with E-state index in [1.165, 1.54) is 17.3 Å². The van der Waals surface area contributed by atoms with E-state index in [1.54, 1.807) is 6.20 Å². The van der Waals surface area contributed by atoms with Crippen LogP contribution in [-0.4, -0.2) is 56.4 Å². The molecule has 46 heavy (non-hydrogen) atoms. The highest BCUT2D eigenvalue weighted by Gasteiger charge is 2.42. The summed E-state index contributed by atoms with van der Waals surface area (Å²) in [6, 6.07) is 26.6. The number of imidazole rings is 1. The van der Waals surface area contributed by atoms with Crippen molar-refractivity contribution in [1.29, 1.82) is 0 Å². The molecule has 2 fully saturated rings. The van der Waals surface area contributed by atoms with Gasteiger partial charge in [-0.3, -0.25) is 19.1 Å². The summed E-state index contributed by atoms with van der Waals surface area (Å²) in [5.74, 6) is 2.91. The van der Waals surface area contributed by atoms with Crippen molar-refractivity contribution in [3.63, 3.8) is 0 Å². The van der Waals surface area contributed by atoms with Crippen LogP contribution in [0.3, 0.4) is 0 Å². The van der Waals surface area contributed by atoms with Gasteiger partial charge in [0.05, 0.1) is 16.2 Å². The van der Waals surface area contributed by atoms with Crippen molar-refractivity contribution in [1.82, 2.24) is 24.4 Å². The number of nitrogens with zero attached hydrogens (tertiary/aromatic N) is 6. The molecule has 2 aliphatic rings.